The topological polar surface area (TPSA) is 18.5 Å². The minimum Gasteiger partial charge on any atom is -0.493 e. The Morgan fingerprint density at radius 3 is 2.50 bits per heavy atom. The van der Waals surface area contributed by atoms with Crippen molar-refractivity contribution in [2.24, 2.45) is 0 Å². The molecule has 0 aliphatic carbocycles. The van der Waals surface area contributed by atoms with Gasteiger partial charge in [-0.05, 0) is 30.2 Å². The SMILES string of the molecule is COc1cc(C)cc(Cl)c1OCc1ccccc1. The molecule has 0 spiro atoms. The van der Waals surface area contributed by atoms with Crippen molar-refractivity contribution in [3.8, 4) is 11.5 Å². The van der Waals surface area contributed by atoms with Crippen LogP contribution in [-0.4, -0.2) is 7.11 Å². The fourth-order valence-corrected chi connectivity index (χ4v) is 2.04. The second-order valence-corrected chi connectivity index (χ2v) is 4.46. The zero-order valence-electron chi connectivity index (χ0n) is 10.4. The van der Waals surface area contributed by atoms with Crippen LogP contribution in [0.25, 0.3) is 0 Å². The molecule has 0 heterocycles. The molecule has 0 atom stereocenters. The van der Waals surface area contributed by atoms with Gasteiger partial charge in [0.05, 0.1) is 12.1 Å². The lowest BCUT2D eigenvalue weighted by Gasteiger charge is -2.13. The van der Waals surface area contributed by atoms with Crippen LogP contribution in [0.5, 0.6) is 11.5 Å². The highest BCUT2D eigenvalue weighted by Crippen LogP contribution is 2.36. The zero-order valence-corrected chi connectivity index (χ0v) is 11.2. The van der Waals surface area contributed by atoms with Crippen LogP contribution in [0.2, 0.25) is 5.02 Å². The maximum Gasteiger partial charge on any atom is 0.180 e. The van der Waals surface area contributed by atoms with Crippen molar-refractivity contribution in [3.05, 3.63) is 58.6 Å². The smallest absolute Gasteiger partial charge is 0.180 e. The van der Waals surface area contributed by atoms with E-state index in [9.17, 15) is 0 Å². The predicted octanol–water partition coefficient (Wildman–Crippen LogP) is 4.24. The van der Waals surface area contributed by atoms with Crippen molar-refractivity contribution in [2.75, 3.05) is 7.11 Å². The maximum atomic E-state index is 6.17. The third-order valence-corrected chi connectivity index (χ3v) is 2.88. The molecule has 0 fully saturated rings. The number of rotatable bonds is 4. The Bertz CT molecular complexity index is 524. The highest BCUT2D eigenvalue weighted by atomic mass is 35.5. The second kappa shape index (κ2) is 5.78. The van der Waals surface area contributed by atoms with Gasteiger partial charge in [-0.3, -0.25) is 0 Å². The van der Waals surface area contributed by atoms with Crippen LogP contribution in [0.15, 0.2) is 42.5 Å². The van der Waals surface area contributed by atoms with E-state index in [4.69, 9.17) is 21.1 Å². The molecular weight excluding hydrogens is 248 g/mol. The fourth-order valence-electron chi connectivity index (χ4n) is 1.72. The highest BCUT2D eigenvalue weighted by Gasteiger charge is 2.10. The largest absolute Gasteiger partial charge is 0.493 e. The van der Waals surface area contributed by atoms with Crippen LogP contribution in [0.3, 0.4) is 0 Å². The number of hydrogen-bond donors (Lipinski definition) is 0. The molecule has 0 aliphatic heterocycles. The summed E-state index contributed by atoms with van der Waals surface area (Å²) in [6.45, 7) is 2.44. The monoisotopic (exact) mass is 262 g/mol. The van der Waals surface area contributed by atoms with E-state index < -0.39 is 0 Å². The van der Waals surface area contributed by atoms with Gasteiger partial charge in [0.2, 0.25) is 0 Å². The van der Waals surface area contributed by atoms with Gasteiger partial charge < -0.3 is 9.47 Å². The van der Waals surface area contributed by atoms with Gasteiger partial charge in [0.15, 0.2) is 11.5 Å². The molecule has 2 aromatic carbocycles. The molecule has 0 saturated carbocycles. The summed E-state index contributed by atoms with van der Waals surface area (Å²) in [6, 6.07) is 13.7. The Balaban J connectivity index is 2.19. The quantitative estimate of drug-likeness (QED) is 0.821. The van der Waals surface area contributed by atoms with Crippen LogP contribution >= 0.6 is 11.6 Å². The van der Waals surface area contributed by atoms with Crippen molar-refractivity contribution in [3.63, 3.8) is 0 Å². The Morgan fingerprint density at radius 2 is 1.83 bits per heavy atom. The Labute approximate surface area is 112 Å². The van der Waals surface area contributed by atoms with Crippen LogP contribution in [-0.2, 0) is 6.61 Å². The first-order chi connectivity index (χ1) is 8.70. The van der Waals surface area contributed by atoms with Crippen molar-refractivity contribution in [1.29, 1.82) is 0 Å². The molecule has 0 aromatic heterocycles. The first kappa shape index (κ1) is 12.8. The molecule has 0 saturated heterocycles. The van der Waals surface area contributed by atoms with Crippen molar-refractivity contribution in [2.45, 2.75) is 13.5 Å². The maximum absolute atomic E-state index is 6.17. The predicted molar refractivity (Wildman–Crippen MR) is 73.5 cm³/mol. The van der Waals surface area contributed by atoms with Crippen LogP contribution in [0.1, 0.15) is 11.1 Å². The molecule has 0 unspecified atom stereocenters. The van der Waals surface area contributed by atoms with Gasteiger partial charge in [0.25, 0.3) is 0 Å². The lowest BCUT2D eigenvalue weighted by Crippen LogP contribution is -1.98. The summed E-state index contributed by atoms with van der Waals surface area (Å²) in [5, 5.41) is 0.572. The minimum atomic E-state index is 0.472. The van der Waals surface area contributed by atoms with Crippen molar-refractivity contribution < 1.29 is 9.47 Å². The first-order valence-corrected chi connectivity index (χ1v) is 6.09. The van der Waals surface area contributed by atoms with E-state index in [0.29, 0.717) is 23.1 Å². The Kier molecular flexibility index (Phi) is 4.11. The molecule has 2 nitrogen and oxygen atoms in total. The molecule has 94 valence electrons. The summed E-state index contributed by atoms with van der Waals surface area (Å²) < 4.78 is 11.0. The van der Waals surface area contributed by atoms with Crippen molar-refractivity contribution >= 4 is 11.6 Å². The van der Waals surface area contributed by atoms with Crippen LogP contribution in [0.4, 0.5) is 0 Å². The second-order valence-electron chi connectivity index (χ2n) is 4.05. The molecule has 0 radical (unpaired) electrons. The van der Waals surface area contributed by atoms with Gasteiger partial charge in [0, 0.05) is 0 Å². The normalized spacial score (nSPS) is 10.2. The van der Waals surface area contributed by atoms with Gasteiger partial charge in [0.1, 0.15) is 6.61 Å². The molecule has 0 N–H and O–H groups in total. The van der Waals surface area contributed by atoms with E-state index in [-0.39, 0.29) is 0 Å². The van der Waals surface area contributed by atoms with Crippen LogP contribution in [0, 0.1) is 6.92 Å². The number of hydrogen-bond acceptors (Lipinski definition) is 2. The molecule has 2 aromatic rings. The summed E-state index contributed by atoms with van der Waals surface area (Å²) >= 11 is 6.17. The van der Waals surface area contributed by atoms with Gasteiger partial charge >= 0.3 is 0 Å². The minimum absolute atomic E-state index is 0.472. The summed E-state index contributed by atoms with van der Waals surface area (Å²) in [7, 11) is 1.61. The lowest BCUT2D eigenvalue weighted by molar-refractivity contribution is 0.284. The van der Waals surface area contributed by atoms with E-state index in [1.54, 1.807) is 7.11 Å². The van der Waals surface area contributed by atoms with E-state index >= 15 is 0 Å². The molecular formula is C15H15ClO2. The molecule has 0 aliphatic rings. The fraction of sp³-hybridized carbons (Fsp3) is 0.200. The standard InChI is InChI=1S/C15H15ClO2/c1-11-8-13(16)15(14(9-11)17-2)18-10-12-6-4-3-5-7-12/h3-9H,10H2,1-2H3. The van der Waals surface area contributed by atoms with E-state index in [0.717, 1.165) is 11.1 Å². The molecule has 0 bridgehead atoms. The van der Waals surface area contributed by atoms with Crippen molar-refractivity contribution in [1.82, 2.24) is 0 Å². The van der Waals surface area contributed by atoms with Gasteiger partial charge in [-0.15, -0.1) is 0 Å². The Hall–Kier alpha value is -1.67. The number of halogens is 1. The molecule has 0 amide bonds. The van der Waals surface area contributed by atoms with E-state index in [1.165, 1.54) is 0 Å². The summed E-state index contributed by atoms with van der Waals surface area (Å²) in [5.74, 6) is 1.25. The first-order valence-electron chi connectivity index (χ1n) is 5.71. The highest BCUT2D eigenvalue weighted by molar-refractivity contribution is 6.32. The molecule has 18 heavy (non-hydrogen) atoms. The number of methoxy groups -OCH3 is 1. The van der Waals surface area contributed by atoms with Crippen LogP contribution < -0.4 is 9.47 Å². The molecule has 2 rings (SSSR count). The van der Waals surface area contributed by atoms with E-state index in [1.807, 2.05) is 49.4 Å². The van der Waals surface area contributed by atoms with Gasteiger partial charge in [-0.2, -0.15) is 0 Å². The van der Waals surface area contributed by atoms with E-state index in [2.05, 4.69) is 0 Å². The summed E-state index contributed by atoms with van der Waals surface area (Å²) in [4.78, 5) is 0. The summed E-state index contributed by atoms with van der Waals surface area (Å²) in [5.41, 5.74) is 2.14. The van der Waals surface area contributed by atoms with Gasteiger partial charge in [-0.25, -0.2) is 0 Å². The Morgan fingerprint density at radius 1 is 1.11 bits per heavy atom. The lowest BCUT2D eigenvalue weighted by atomic mass is 10.2. The summed E-state index contributed by atoms with van der Waals surface area (Å²) in [6.07, 6.45) is 0. The van der Waals surface area contributed by atoms with Gasteiger partial charge in [-0.1, -0.05) is 41.9 Å². The number of ether oxygens (including phenoxy) is 2. The number of aryl methyl sites for hydroxylation is 1. The molecule has 3 heteroatoms. The third kappa shape index (κ3) is 2.96. The average molecular weight is 263 g/mol. The average Bonchev–Trinajstić information content (AvgIpc) is 2.38. The third-order valence-electron chi connectivity index (χ3n) is 2.60. The number of benzene rings is 2. The zero-order chi connectivity index (χ0) is 13.0.